The summed E-state index contributed by atoms with van der Waals surface area (Å²) in [5.74, 6) is 0.559. The average molecular weight is 501 g/mol. The third-order valence-electron chi connectivity index (χ3n) is 5.77. The summed E-state index contributed by atoms with van der Waals surface area (Å²) < 4.78 is 5.53. The van der Waals surface area contributed by atoms with Crippen molar-refractivity contribution in [1.29, 1.82) is 0 Å². The smallest absolute Gasteiger partial charge is 0.188 e. The van der Waals surface area contributed by atoms with Crippen molar-refractivity contribution in [2.75, 3.05) is 52.5 Å². The van der Waals surface area contributed by atoms with Gasteiger partial charge in [-0.25, -0.2) is 0 Å². The largest absolute Gasteiger partial charge is 0.379 e. The number of ether oxygens (including phenoxy) is 1. The van der Waals surface area contributed by atoms with Crippen LogP contribution in [0.3, 0.4) is 0 Å². The lowest BCUT2D eigenvalue weighted by Gasteiger charge is -2.34. The van der Waals surface area contributed by atoms with Gasteiger partial charge >= 0.3 is 0 Å². The molecule has 2 heterocycles. The van der Waals surface area contributed by atoms with Gasteiger partial charge in [0, 0.05) is 25.7 Å². The van der Waals surface area contributed by atoms with Crippen molar-refractivity contribution in [3.63, 3.8) is 0 Å². The maximum absolute atomic E-state index is 6.20. The normalized spacial score (nSPS) is 22.6. The first-order valence-electron chi connectivity index (χ1n) is 10.3. The summed E-state index contributed by atoms with van der Waals surface area (Å²) in [7, 11) is 0. The molecule has 0 spiro atoms. The molecule has 0 saturated carbocycles. The zero-order chi connectivity index (χ0) is 19.1. The van der Waals surface area contributed by atoms with Crippen LogP contribution in [0.5, 0.6) is 0 Å². The van der Waals surface area contributed by atoms with Gasteiger partial charge in [0.05, 0.1) is 25.8 Å². The third kappa shape index (κ3) is 6.57. The molecule has 6 nitrogen and oxygen atoms in total. The first kappa shape index (κ1) is 23.4. The van der Waals surface area contributed by atoms with E-state index in [0.29, 0.717) is 18.5 Å². The molecule has 0 bridgehead atoms. The van der Waals surface area contributed by atoms with Gasteiger partial charge in [-0.05, 0) is 38.4 Å². The number of nitrogens with one attached hydrogen (secondary N) is 1. The van der Waals surface area contributed by atoms with E-state index in [0.717, 1.165) is 39.4 Å². The van der Waals surface area contributed by atoms with Crippen LogP contribution < -0.4 is 11.1 Å². The summed E-state index contributed by atoms with van der Waals surface area (Å²) in [6.45, 7) is 11.7. The van der Waals surface area contributed by atoms with Crippen LogP contribution in [0.4, 0.5) is 0 Å². The van der Waals surface area contributed by atoms with Crippen molar-refractivity contribution >= 4 is 29.9 Å². The summed E-state index contributed by atoms with van der Waals surface area (Å²) in [6, 6.07) is 9.55. The zero-order valence-electron chi connectivity index (χ0n) is 17.3. The number of hydrogen-bond acceptors (Lipinski definition) is 4. The number of nitrogens with two attached hydrogens (primary N) is 1. The lowest BCUT2D eigenvalue weighted by atomic mass is 10.0. The molecule has 3 N–H and O–H groups in total. The molecule has 7 heteroatoms. The van der Waals surface area contributed by atoms with Crippen LogP contribution in [0.25, 0.3) is 0 Å². The molecular formula is C21H36IN5O. The Morgan fingerprint density at radius 2 is 2.11 bits per heavy atom. The van der Waals surface area contributed by atoms with Crippen molar-refractivity contribution in [3.8, 4) is 0 Å². The highest BCUT2D eigenvalue weighted by Gasteiger charge is 2.24. The molecule has 0 amide bonds. The molecule has 2 saturated heterocycles. The Hall–Kier alpha value is -0.900. The maximum Gasteiger partial charge on any atom is 0.188 e. The van der Waals surface area contributed by atoms with E-state index in [2.05, 4.69) is 53.2 Å². The summed E-state index contributed by atoms with van der Waals surface area (Å²) >= 11 is 0. The number of guanidine groups is 1. The predicted octanol–water partition coefficient (Wildman–Crippen LogP) is 2.37. The van der Waals surface area contributed by atoms with Crippen molar-refractivity contribution < 1.29 is 4.74 Å². The van der Waals surface area contributed by atoms with Crippen LogP contribution in [0.1, 0.15) is 36.9 Å². The van der Waals surface area contributed by atoms with Gasteiger partial charge in [-0.15, -0.1) is 24.0 Å². The molecule has 3 rings (SSSR count). The van der Waals surface area contributed by atoms with Crippen LogP contribution in [-0.4, -0.2) is 74.3 Å². The molecular weight excluding hydrogens is 465 g/mol. The maximum atomic E-state index is 6.20. The molecule has 2 unspecified atom stereocenters. The van der Waals surface area contributed by atoms with Crippen LogP contribution in [0, 0.1) is 6.92 Å². The highest BCUT2D eigenvalue weighted by Crippen LogP contribution is 2.23. The van der Waals surface area contributed by atoms with Gasteiger partial charge in [-0.3, -0.25) is 14.8 Å². The highest BCUT2D eigenvalue weighted by atomic mass is 127. The van der Waals surface area contributed by atoms with E-state index < -0.39 is 0 Å². The minimum absolute atomic E-state index is 0. The number of aryl methyl sites for hydroxylation is 1. The molecule has 1 aromatic carbocycles. The first-order chi connectivity index (χ1) is 13.2. The van der Waals surface area contributed by atoms with Crippen molar-refractivity contribution in [2.45, 2.75) is 38.8 Å². The lowest BCUT2D eigenvalue weighted by Crippen LogP contribution is -2.43. The van der Waals surface area contributed by atoms with Gasteiger partial charge in [0.25, 0.3) is 0 Å². The van der Waals surface area contributed by atoms with Crippen molar-refractivity contribution in [3.05, 3.63) is 35.4 Å². The fourth-order valence-corrected chi connectivity index (χ4v) is 4.20. The topological polar surface area (TPSA) is 66.1 Å². The van der Waals surface area contributed by atoms with Gasteiger partial charge in [-0.1, -0.05) is 36.8 Å². The molecule has 0 aliphatic carbocycles. The molecule has 2 atom stereocenters. The highest BCUT2D eigenvalue weighted by molar-refractivity contribution is 14.0. The third-order valence-corrected chi connectivity index (χ3v) is 5.77. The van der Waals surface area contributed by atoms with E-state index in [-0.39, 0.29) is 30.0 Å². The van der Waals surface area contributed by atoms with Crippen LogP contribution in [0.15, 0.2) is 29.3 Å². The Bertz CT molecular complexity index is 621. The second-order valence-electron chi connectivity index (χ2n) is 7.61. The number of aliphatic imine (C=N–C) groups is 1. The SMILES string of the molecule is CCN1CCCC1CNC(N)=NCC(c1cccc(C)c1)N1CCOCC1.I. The lowest BCUT2D eigenvalue weighted by molar-refractivity contribution is 0.0179. The quantitative estimate of drug-likeness (QED) is 0.341. The number of morpholine rings is 1. The molecule has 0 aromatic heterocycles. The first-order valence-corrected chi connectivity index (χ1v) is 10.3. The summed E-state index contributed by atoms with van der Waals surface area (Å²) in [5.41, 5.74) is 8.79. The molecule has 28 heavy (non-hydrogen) atoms. The Balaban J connectivity index is 0.00000280. The standard InChI is InChI=1S/C21H35N5O.HI/c1-3-25-9-5-8-19(25)15-23-21(22)24-16-20(26-10-12-27-13-11-26)18-7-4-6-17(2)14-18;/h4,6-7,14,19-20H,3,5,8-13,15-16H2,1-2H3,(H3,22,23,24);1H. The molecule has 2 fully saturated rings. The zero-order valence-corrected chi connectivity index (χ0v) is 19.6. The van der Waals surface area contributed by atoms with E-state index in [4.69, 9.17) is 15.5 Å². The molecule has 1 aromatic rings. The average Bonchev–Trinajstić information content (AvgIpc) is 3.15. The summed E-state index contributed by atoms with van der Waals surface area (Å²) in [6.07, 6.45) is 2.53. The summed E-state index contributed by atoms with van der Waals surface area (Å²) in [5, 5.41) is 3.35. The van der Waals surface area contributed by atoms with Crippen molar-refractivity contribution in [1.82, 2.24) is 15.1 Å². The number of hydrogen-bond donors (Lipinski definition) is 2. The van der Waals surface area contributed by atoms with Gasteiger partial charge in [0.15, 0.2) is 5.96 Å². The van der Waals surface area contributed by atoms with E-state index in [1.165, 1.54) is 30.5 Å². The minimum Gasteiger partial charge on any atom is -0.379 e. The molecule has 2 aliphatic heterocycles. The molecule has 0 radical (unpaired) electrons. The van der Waals surface area contributed by atoms with Gasteiger partial charge in [-0.2, -0.15) is 0 Å². The number of nitrogens with zero attached hydrogens (tertiary/aromatic N) is 3. The number of halogens is 1. The molecule has 158 valence electrons. The Kier molecular flexibility index (Phi) is 9.98. The van der Waals surface area contributed by atoms with Crippen LogP contribution >= 0.6 is 24.0 Å². The summed E-state index contributed by atoms with van der Waals surface area (Å²) in [4.78, 5) is 9.68. The van der Waals surface area contributed by atoms with Crippen LogP contribution in [0.2, 0.25) is 0 Å². The number of likely N-dealkylation sites (tertiary alicyclic amines) is 1. The van der Waals surface area contributed by atoms with E-state index in [1.807, 2.05) is 0 Å². The molecule has 2 aliphatic rings. The van der Waals surface area contributed by atoms with Gasteiger partial charge < -0.3 is 15.8 Å². The number of rotatable bonds is 7. The minimum atomic E-state index is 0. The second kappa shape index (κ2) is 11.9. The van der Waals surface area contributed by atoms with Gasteiger partial charge in [0.1, 0.15) is 0 Å². The van der Waals surface area contributed by atoms with Crippen molar-refractivity contribution in [2.24, 2.45) is 10.7 Å². The Morgan fingerprint density at radius 1 is 1.32 bits per heavy atom. The van der Waals surface area contributed by atoms with Gasteiger partial charge in [0.2, 0.25) is 0 Å². The second-order valence-corrected chi connectivity index (χ2v) is 7.61. The monoisotopic (exact) mass is 501 g/mol. The fraction of sp³-hybridized carbons (Fsp3) is 0.667. The number of benzene rings is 1. The Labute approximate surface area is 186 Å². The number of likely N-dealkylation sites (N-methyl/N-ethyl adjacent to an activating group) is 1. The van der Waals surface area contributed by atoms with E-state index >= 15 is 0 Å². The van der Waals surface area contributed by atoms with E-state index in [1.54, 1.807) is 0 Å². The fourth-order valence-electron chi connectivity index (χ4n) is 4.20. The Morgan fingerprint density at radius 3 is 2.82 bits per heavy atom. The van der Waals surface area contributed by atoms with Crippen LogP contribution in [-0.2, 0) is 4.74 Å². The predicted molar refractivity (Wildman–Crippen MR) is 126 cm³/mol. The van der Waals surface area contributed by atoms with E-state index in [9.17, 15) is 0 Å².